The molecule has 0 atom stereocenters. The van der Waals surface area contributed by atoms with E-state index in [4.69, 9.17) is 0 Å². The van der Waals surface area contributed by atoms with Crippen LogP contribution in [0.15, 0.2) is 146 Å². The number of hydrogen-bond donors (Lipinski definition) is 1. The van der Waals surface area contributed by atoms with Gasteiger partial charge in [-0.1, -0.05) is 42.5 Å². The number of imidazole rings is 1. The van der Waals surface area contributed by atoms with E-state index < -0.39 is 0 Å². The molecular weight excluding hydrogens is 751 g/mol. The van der Waals surface area contributed by atoms with E-state index in [1.54, 1.807) is 18.6 Å². The van der Waals surface area contributed by atoms with Crippen molar-refractivity contribution in [2.75, 3.05) is 0 Å². The van der Waals surface area contributed by atoms with Crippen LogP contribution in [0.25, 0.3) is 45.1 Å². The molecule has 3 aromatic carbocycles. The Labute approximate surface area is 263 Å². The van der Waals surface area contributed by atoms with Crippen LogP contribution in [-0.2, 0) is 20.1 Å². The zero-order valence-electron chi connectivity index (χ0n) is 21.9. The molecule has 202 valence electrons. The van der Waals surface area contributed by atoms with Gasteiger partial charge in [-0.15, -0.1) is 88.8 Å². The van der Waals surface area contributed by atoms with Gasteiger partial charge in [0.05, 0.1) is 11.0 Å². The Morgan fingerprint density at radius 3 is 1.39 bits per heavy atom. The third-order valence-electron chi connectivity index (χ3n) is 5.60. The first-order valence-corrected chi connectivity index (χ1v) is 12.5. The van der Waals surface area contributed by atoms with E-state index in [0.29, 0.717) is 0 Å². The fraction of sp³-hybridized carbons (Fsp3) is 0. The van der Waals surface area contributed by atoms with Crippen LogP contribution in [0.2, 0.25) is 0 Å². The second-order valence-corrected chi connectivity index (χ2v) is 8.30. The van der Waals surface area contributed by atoms with Crippen molar-refractivity contribution in [2.45, 2.75) is 0 Å². The summed E-state index contributed by atoms with van der Waals surface area (Å²) in [5.74, 6) is 0.816. The molecule has 0 aliphatic heterocycles. The topological polar surface area (TPSA) is 67.3 Å². The summed E-state index contributed by atoms with van der Waals surface area (Å²) < 4.78 is 0. The van der Waals surface area contributed by atoms with Crippen molar-refractivity contribution in [1.29, 1.82) is 0 Å². The smallest absolute Gasteiger partial charge is 0.337 e. The van der Waals surface area contributed by atoms with Gasteiger partial charge in [0, 0.05) is 18.6 Å². The summed E-state index contributed by atoms with van der Waals surface area (Å²) in [4.78, 5) is 20.4. The number of benzene rings is 3. The Morgan fingerprint density at radius 1 is 0.488 bits per heavy atom. The number of para-hydroxylation sites is 2. The van der Waals surface area contributed by atoms with Crippen molar-refractivity contribution in [3.05, 3.63) is 158 Å². The van der Waals surface area contributed by atoms with E-state index in [0.717, 1.165) is 45.1 Å². The molecule has 4 aromatic heterocycles. The number of hydrogen-bond acceptors (Lipinski definition) is 4. The first-order chi connectivity index (χ1) is 19.4. The second kappa shape index (κ2) is 16.7. The van der Waals surface area contributed by atoms with E-state index >= 15 is 0 Å². The van der Waals surface area contributed by atoms with Crippen LogP contribution in [0, 0.1) is 12.1 Å². The Balaban J connectivity index is 0.000000167. The van der Waals surface area contributed by atoms with Gasteiger partial charge in [-0.25, -0.2) is 4.98 Å². The standard InChI is InChI=1S/C12H9N3.2C11H8N.BrH.Ir/c1-2-6-10-9(5-1)14-12(15-10)11-7-3-4-8-13-11;2*1-2-6-10(7-3-1)11-8-4-5-9-12-11;;/h1-8H,(H,14,15);2*1-6,8-9H;1H;/q;2*-1;;+3. The molecule has 0 fully saturated rings. The van der Waals surface area contributed by atoms with Crippen LogP contribution >= 0.6 is 17.0 Å². The molecule has 0 saturated carbocycles. The molecule has 0 saturated heterocycles. The normalized spacial score (nSPS) is 9.56. The van der Waals surface area contributed by atoms with Gasteiger partial charge >= 0.3 is 20.1 Å². The number of nitrogens with zero attached hydrogens (tertiary/aromatic N) is 4. The largest absolute Gasteiger partial charge is 3.00 e. The maximum atomic E-state index is 4.46. The van der Waals surface area contributed by atoms with Crippen molar-refractivity contribution in [2.24, 2.45) is 0 Å². The molecule has 0 unspecified atom stereocenters. The van der Waals surface area contributed by atoms with Gasteiger partial charge in [-0.3, -0.25) is 4.98 Å². The average Bonchev–Trinajstić information content (AvgIpc) is 3.49. The Kier molecular flexibility index (Phi) is 12.7. The fourth-order valence-corrected chi connectivity index (χ4v) is 3.73. The predicted molar refractivity (Wildman–Crippen MR) is 167 cm³/mol. The van der Waals surface area contributed by atoms with Crippen molar-refractivity contribution in [3.8, 4) is 34.0 Å². The van der Waals surface area contributed by atoms with Crippen molar-refractivity contribution in [1.82, 2.24) is 24.9 Å². The monoisotopic (exact) mass is 776 g/mol. The number of pyridine rings is 3. The quantitative estimate of drug-likeness (QED) is 0.184. The van der Waals surface area contributed by atoms with Crippen LogP contribution in [0.4, 0.5) is 0 Å². The fourth-order valence-electron chi connectivity index (χ4n) is 3.73. The number of aromatic amines is 1. The molecule has 41 heavy (non-hydrogen) atoms. The summed E-state index contributed by atoms with van der Waals surface area (Å²) in [6.45, 7) is 0. The van der Waals surface area contributed by atoms with Gasteiger partial charge in [0.15, 0.2) is 5.82 Å². The van der Waals surface area contributed by atoms with Crippen molar-refractivity contribution < 1.29 is 20.1 Å². The third-order valence-corrected chi connectivity index (χ3v) is 5.60. The van der Waals surface area contributed by atoms with E-state index in [9.17, 15) is 0 Å². The molecule has 0 bridgehead atoms. The Bertz CT molecular complexity index is 1500. The molecule has 0 amide bonds. The van der Waals surface area contributed by atoms with Gasteiger partial charge in [0.2, 0.25) is 0 Å². The van der Waals surface area contributed by atoms with E-state index in [1.807, 2.05) is 127 Å². The number of aromatic nitrogens is 5. The first kappa shape index (κ1) is 31.2. The van der Waals surface area contributed by atoms with Gasteiger partial charge in [0.1, 0.15) is 5.69 Å². The summed E-state index contributed by atoms with van der Waals surface area (Å²) in [6.07, 6.45) is 5.34. The van der Waals surface area contributed by atoms with Crippen LogP contribution in [0.5, 0.6) is 0 Å². The van der Waals surface area contributed by atoms with Crippen molar-refractivity contribution in [3.63, 3.8) is 0 Å². The average molecular weight is 777 g/mol. The summed E-state index contributed by atoms with van der Waals surface area (Å²) in [5.41, 5.74) is 6.90. The molecule has 7 rings (SSSR count). The molecule has 0 radical (unpaired) electrons. The molecule has 4 heterocycles. The molecule has 0 aliphatic rings. The summed E-state index contributed by atoms with van der Waals surface area (Å²) in [6, 6.07) is 47.4. The van der Waals surface area contributed by atoms with Crippen LogP contribution in [0.3, 0.4) is 0 Å². The molecule has 7 aromatic rings. The minimum absolute atomic E-state index is 0. The van der Waals surface area contributed by atoms with Gasteiger partial charge < -0.3 is 15.0 Å². The summed E-state index contributed by atoms with van der Waals surface area (Å²) in [7, 11) is 0. The third kappa shape index (κ3) is 9.12. The molecular formula is C34H26BrIrN5+. The SMILES string of the molecule is Br.[Ir+3].[c-]1ccccc1-c1ccccn1.[c-]1ccccc1-c1ccccn1.c1ccc(-c2nc3ccccc3[nH]2)nc1. The van der Waals surface area contributed by atoms with Crippen LogP contribution < -0.4 is 0 Å². The van der Waals surface area contributed by atoms with Gasteiger partial charge in [-0.2, -0.15) is 0 Å². The minimum atomic E-state index is 0. The molecule has 0 aliphatic carbocycles. The maximum Gasteiger partial charge on any atom is 3.00 e. The molecule has 5 nitrogen and oxygen atoms in total. The maximum absolute atomic E-state index is 4.46. The number of rotatable bonds is 3. The number of H-pyrrole nitrogens is 1. The first-order valence-electron chi connectivity index (χ1n) is 12.5. The minimum Gasteiger partial charge on any atom is -0.337 e. The molecule has 7 heteroatoms. The summed E-state index contributed by atoms with van der Waals surface area (Å²) >= 11 is 0. The number of fused-ring (bicyclic) bond motifs is 1. The van der Waals surface area contributed by atoms with E-state index in [2.05, 4.69) is 37.1 Å². The number of nitrogens with one attached hydrogen (secondary N) is 1. The molecule has 0 spiro atoms. The summed E-state index contributed by atoms with van der Waals surface area (Å²) in [5, 5.41) is 0. The van der Waals surface area contributed by atoms with Gasteiger partial charge in [0.25, 0.3) is 0 Å². The molecule has 1 N–H and O–H groups in total. The zero-order chi connectivity index (χ0) is 26.5. The van der Waals surface area contributed by atoms with E-state index in [1.165, 1.54) is 0 Å². The zero-order valence-corrected chi connectivity index (χ0v) is 26.0. The van der Waals surface area contributed by atoms with Crippen LogP contribution in [0.1, 0.15) is 0 Å². The van der Waals surface area contributed by atoms with Gasteiger partial charge in [-0.05, 0) is 47.8 Å². The van der Waals surface area contributed by atoms with E-state index in [-0.39, 0.29) is 37.1 Å². The Morgan fingerprint density at radius 2 is 0.951 bits per heavy atom. The Hall–Kier alpha value is -4.29. The van der Waals surface area contributed by atoms with Crippen LogP contribution in [-0.4, -0.2) is 24.9 Å². The number of halogens is 1. The predicted octanol–water partition coefficient (Wildman–Crippen LogP) is 8.30. The second-order valence-electron chi connectivity index (χ2n) is 8.30. The van der Waals surface area contributed by atoms with Crippen molar-refractivity contribution >= 4 is 28.0 Å².